The molecule has 3 saturated heterocycles. The van der Waals surface area contributed by atoms with Crippen molar-refractivity contribution in [1.29, 1.82) is 0 Å². The maximum atomic E-state index is 14.4. The molecule has 9 nitrogen and oxygen atoms in total. The Labute approximate surface area is 223 Å². The van der Waals surface area contributed by atoms with E-state index in [4.69, 9.17) is 4.74 Å². The summed E-state index contributed by atoms with van der Waals surface area (Å²) in [6.07, 6.45) is 8.72. The molecule has 5 heterocycles. The number of ether oxygens (including phenoxy) is 1. The second-order valence-corrected chi connectivity index (χ2v) is 12.8. The van der Waals surface area contributed by atoms with E-state index < -0.39 is 28.7 Å². The normalized spacial score (nSPS) is 35.1. The predicted molar refractivity (Wildman–Crippen MR) is 142 cm³/mol. The molecule has 0 aromatic rings. The molecule has 1 unspecified atom stereocenters. The molecule has 3 fully saturated rings. The quantitative estimate of drug-likeness (QED) is 0.476. The van der Waals surface area contributed by atoms with Crippen molar-refractivity contribution in [2.75, 3.05) is 66.1 Å². The van der Waals surface area contributed by atoms with Gasteiger partial charge in [-0.25, -0.2) is 0 Å². The third-order valence-corrected chi connectivity index (χ3v) is 10.3. The number of hydrogen-bond donors (Lipinski definition) is 1. The summed E-state index contributed by atoms with van der Waals surface area (Å²) in [7, 11) is 1.77. The number of likely N-dealkylation sites (tertiary alicyclic amines) is 1. The lowest BCUT2D eigenvalue weighted by Crippen LogP contribution is -2.57. The Kier molecular flexibility index (Phi) is 7.73. The van der Waals surface area contributed by atoms with Crippen LogP contribution in [0.1, 0.15) is 20.3 Å². The van der Waals surface area contributed by atoms with Gasteiger partial charge in [-0.3, -0.25) is 19.3 Å². The SMILES string of the molecule is CC(C)C[C@H](CO)N1C(=O)[C@@H]2[C@H]3C(=O)N(C)CC=C[C@H]3S[C@@]23C=CCN(CCN2CCOCC2)C(=O)C13. The fourth-order valence-electron chi connectivity index (χ4n) is 6.75. The molecule has 0 aliphatic carbocycles. The highest BCUT2D eigenvalue weighted by Crippen LogP contribution is 2.61. The first kappa shape index (κ1) is 26.7. The van der Waals surface area contributed by atoms with Crippen molar-refractivity contribution in [2.24, 2.45) is 17.8 Å². The minimum atomic E-state index is -0.834. The molecule has 204 valence electrons. The topological polar surface area (TPSA) is 93.6 Å². The lowest BCUT2D eigenvalue weighted by molar-refractivity contribution is -0.147. The van der Waals surface area contributed by atoms with E-state index in [9.17, 15) is 19.5 Å². The van der Waals surface area contributed by atoms with Gasteiger partial charge in [-0.2, -0.15) is 0 Å². The van der Waals surface area contributed by atoms with Crippen LogP contribution in [0.4, 0.5) is 0 Å². The van der Waals surface area contributed by atoms with Gasteiger partial charge in [0.15, 0.2) is 0 Å². The van der Waals surface area contributed by atoms with Gasteiger partial charge < -0.3 is 24.5 Å². The van der Waals surface area contributed by atoms with Crippen LogP contribution in [0.5, 0.6) is 0 Å². The third-order valence-electron chi connectivity index (χ3n) is 8.52. The van der Waals surface area contributed by atoms with E-state index in [-0.39, 0.29) is 35.5 Å². The van der Waals surface area contributed by atoms with Crippen LogP contribution in [0.2, 0.25) is 0 Å². The fraction of sp³-hybridized carbons (Fsp3) is 0.741. The van der Waals surface area contributed by atoms with Crippen molar-refractivity contribution in [3.63, 3.8) is 0 Å². The number of aliphatic hydroxyl groups excluding tert-OH is 1. The van der Waals surface area contributed by atoms with Gasteiger partial charge in [0.1, 0.15) is 6.04 Å². The summed E-state index contributed by atoms with van der Waals surface area (Å²) in [5.41, 5.74) is 0. The van der Waals surface area contributed by atoms with Crippen LogP contribution in [0.3, 0.4) is 0 Å². The van der Waals surface area contributed by atoms with E-state index in [1.807, 2.05) is 17.1 Å². The van der Waals surface area contributed by atoms with Crippen LogP contribution in [0.15, 0.2) is 24.3 Å². The van der Waals surface area contributed by atoms with Crippen LogP contribution in [0, 0.1) is 17.8 Å². The molecular formula is C27H40N4O5S. The Balaban J connectivity index is 1.52. The number of thioether (sulfide) groups is 1. The number of amides is 3. The van der Waals surface area contributed by atoms with Gasteiger partial charge in [0.2, 0.25) is 17.7 Å². The van der Waals surface area contributed by atoms with Crippen molar-refractivity contribution in [1.82, 2.24) is 19.6 Å². The summed E-state index contributed by atoms with van der Waals surface area (Å²) < 4.78 is 4.63. The van der Waals surface area contributed by atoms with Crippen LogP contribution in [-0.2, 0) is 19.1 Å². The maximum Gasteiger partial charge on any atom is 0.247 e. The lowest BCUT2D eigenvalue weighted by atomic mass is 9.78. The van der Waals surface area contributed by atoms with E-state index >= 15 is 0 Å². The van der Waals surface area contributed by atoms with Gasteiger partial charge in [-0.1, -0.05) is 38.2 Å². The van der Waals surface area contributed by atoms with Crippen molar-refractivity contribution in [2.45, 2.75) is 42.3 Å². The number of fused-ring (bicyclic) bond motifs is 2. The van der Waals surface area contributed by atoms with E-state index in [0.717, 1.165) is 19.6 Å². The number of morpholine rings is 1. The number of rotatable bonds is 7. The minimum Gasteiger partial charge on any atom is -0.394 e. The van der Waals surface area contributed by atoms with Crippen LogP contribution >= 0.6 is 11.8 Å². The molecule has 5 aliphatic heterocycles. The number of nitrogens with zero attached hydrogens (tertiary/aromatic N) is 4. The molecule has 0 aromatic heterocycles. The van der Waals surface area contributed by atoms with E-state index in [0.29, 0.717) is 39.3 Å². The van der Waals surface area contributed by atoms with Gasteiger partial charge in [0.05, 0.1) is 42.4 Å². The number of aliphatic hydroxyl groups is 1. The number of carbonyl (C=O) groups excluding carboxylic acids is 3. The molecule has 1 spiro atoms. The molecule has 5 rings (SSSR count). The molecule has 0 saturated carbocycles. The van der Waals surface area contributed by atoms with Gasteiger partial charge >= 0.3 is 0 Å². The van der Waals surface area contributed by atoms with Crippen molar-refractivity contribution < 1.29 is 24.2 Å². The Hall–Kier alpha value is -1.88. The smallest absolute Gasteiger partial charge is 0.247 e. The zero-order valence-electron chi connectivity index (χ0n) is 22.1. The summed E-state index contributed by atoms with van der Waals surface area (Å²) in [6.45, 7) is 9.31. The number of likely N-dealkylation sites (N-methyl/N-ethyl adjacent to an activating group) is 1. The Morgan fingerprint density at radius 1 is 1.08 bits per heavy atom. The van der Waals surface area contributed by atoms with Crippen LogP contribution < -0.4 is 0 Å². The molecule has 1 N–H and O–H groups in total. The highest BCUT2D eigenvalue weighted by molar-refractivity contribution is 8.02. The molecule has 5 aliphatic rings. The minimum absolute atomic E-state index is 0.0444. The summed E-state index contributed by atoms with van der Waals surface area (Å²) in [5.74, 6) is -1.21. The van der Waals surface area contributed by atoms with E-state index in [2.05, 4.69) is 30.9 Å². The Morgan fingerprint density at radius 2 is 1.84 bits per heavy atom. The highest BCUT2D eigenvalue weighted by atomic mass is 32.2. The Morgan fingerprint density at radius 3 is 2.54 bits per heavy atom. The monoisotopic (exact) mass is 532 g/mol. The third kappa shape index (κ3) is 4.64. The summed E-state index contributed by atoms with van der Waals surface area (Å²) in [4.78, 5) is 49.7. The Bertz CT molecular complexity index is 966. The lowest BCUT2D eigenvalue weighted by Gasteiger charge is -2.39. The first-order valence-electron chi connectivity index (χ1n) is 13.6. The van der Waals surface area contributed by atoms with Crippen molar-refractivity contribution >= 4 is 29.5 Å². The van der Waals surface area contributed by atoms with Crippen LogP contribution in [-0.4, -0.2) is 131 Å². The number of hydrogen-bond acceptors (Lipinski definition) is 7. The summed E-state index contributed by atoms with van der Waals surface area (Å²) in [6, 6.07) is -1.21. The maximum absolute atomic E-state index is 14.4. The molecular weight excluding hydrogens is 492 g/mol. The number of carbonyl (C=O) groups is 3. The molecule has 37 heavy (non-hydrogen) atoms. The first-order chi connectivity index (χ1) is 17.8. The van der Waals surface area contributed by atoms with E-state index in [1.165, 1.54) is 0 Å². The van der Waals surface area contributed by atoms with Gasteiger partial charge in [0, 0.05) is 51.6 Å². The first-order valence-corrected chi connectivity index (χ1v) is 14.5. The highest BCUT2D eigenvalue weighted by Gasteiger charge is 2.71. The second-order valence-electron chi connectivity index (χ2n) is 11.3. The molecule has 3 amide bonds. The zero-order valence-corrected chi connectivity index (χ0v) is 22.9. The van der Waals surface area contributed by atoms with Gasteiger partial charge in [0.25, 0.3) is 0 Å². The van der Waals surface area contributed by atoms with Gasteiger partial charge in [-0.15, -0.1) is 11.8 Å². The molecule has 6 atom stereocenters. The van der Waals surface area contributed by atoms with E-state index in [1.54, 1.807) is 28.6 Å². The largest absolute Gasteiger partial charge is 0.394 e. The predicted octanol–water partition coefficient (Wildman–Crippen LogP) is 0.450. The molecule has 0 bridgehead atoms. The molecule has 10 heteroatoms. The fourth-order valence-corrected chi connectivity index (χ4v) is 8.74. The van der Waals surface area contributed by atoms with Gasteiger partial charge in [-0.05, 0) is 12.3 Å². The summed E-state index contributed by atoms with van der Waals surface area (Å²) in [5, 5.41) is 10.3. The standard InChI is InChI=1S/C27H40N4O5S/c1-18(2)16-19(17-32)31-23-26(35)30(11-10-29-12-14-36-15-13-29)9-5-7-27(23)22(25(31)34)21-20(37-27)6-4-8-28(3)24(21)33/h4-7,18-23,32H,8-17H2,1-3H3/t19-,20-,21+,22+,23?,27+/m1/s1. The van der Waals surface area contributed by atoms with Crippen molar-refractivity contribution in [3.05, 3.63) is 24.3 Å². The second kappa shape index (κ2) is 10.7. The molecule has 0 aromatic carbocycles. The van der Waals surface area contributed by atoms with Crippen molar-refractivity contribution in [3.8, 4) is 0 Å². The van der Waals surface area contributed by atoms with Crippen LogP contribution in [0.25, 0.3) is 0 Å². The average Bonchev–Trinajstić information content (AvgIpc) is 3.22. The zero-order chi connectivity index (χ0) is 26.3. The average molecular weight is 533 g/mol. The molecule has 0 radical (unpaired) electrons. The summed E-state index contributed by atoms with van der Waals surface area (Å²) >= 11 is 1.60.